The van der Waals surface area contributed by atoms with E-state index < -0.39 is 0 Å². The second kappa shape index (κ2) is 9.06. The highest BCUT2D eigenvalue weighted by Crippen LogP contribution is 2.29. The monoisotopic (exact) mass is 318 g/mol. The molecule has 0 spiro atoms. The van der Waals surface area contributed by atoms with Gasteiger partial charge in [0, 0.05) is 13.2 Å². The number of hydrogen-bond acceptors (Lipinski definition) is 2. The van der Waals surface area contributed by atoms with Crippen LogP contribution in [0.25, 0.3) is 0 Å². The van der Waals surface area contributed by atoms with Gasteiger partial charge < -0.3 is 15.7 Å². The molecule has 0 heterocycles. The number of rotatable bonds is 7. The van der Waals surface area contributed by atoms with Gasteiger partial charge in [0.05, 0.1) is 15.7 Å². The number of carbonyl (C=O) groups is 1. The molecule has 1 rings (SSSR count). The summed E-state index contributed by atoms with van der Waals surface area (Å²) in [5.74, 6) is 0.283. The SMILES string of the molecule is CCCC(CCO)CNC(=O)Nc1cccc(Cl)c1Cl. The van der Waals surface area contributed by atoms with Crippen molar-refractivity contribution in [2.75, 3.05) is 18.5 Å². The summed E-state index contributed by atoms with van der Waals surface area (Å²) >= 11 is 11.9. The van der Waals surface area contributed by atoms with E-state index in [1.807, 2.05) is 0 Å². The van der Waals surface area contributed by atoms with Gasteiger partial charge in [-0.1, -0.05) is 42.6 Å². The van der Waals surface area contributed by atoms with E-state index in [1.54, 1.807) is 18.2 Å². The third-order valence-electron chi connectivity index (χ3n) is 2.99. The molecule has 20 heavy (non-hydrogen) atoms. The van der Waals surface area contributed by atoms with E-state index in [4.69, 9.17) is 28.3 Å². The van der Waals surface area contributed by atoms with Crippen molar-refractivity contribution in [3.05, 3.63) is 28.2 Å². The number of urea groups is 1. The number of amides is 2. The van der Waals surface area contributed by atoms with E-state index in [-0.39, 0.29) is 18.6 Å². The van der Waals surface area contributed by atoms with Crippen molar-refractivity contribution in [1.82, 2.24) is 5.32 Å². The minimum Gasteiger partial charge on any atom is -0.396 e. The number of hydrogen-bond donors (Lipinski definition) is 3. The van der Waals surface area contributed by atoms with Crippen LogP contribution in [0.15, 0.2) is 18.2 Å². The maximum Gasteiger partial charge on any atom is 0.319 e. The summed E-state index contributed by atoms with van der Waals surface area (Å²) < 4.78 is 0. The Kier molecular flexibility index (Phi) is 7.73. The van der Waals surface area contributed by atoms with Crippen LogP contribution in [-0.4, -0.2) is 24.3 Å². The van der Waals surface area contributed by atoms with Gasteiger partial charge in [0.25, 0.3) is 0 Å². The standard InChI is InChI=1S/C14H20Cl2N2O2/c1-2-4-10(7-8-19)9-17-14(20)18-12-6-3-5-11(15)13(12)16/h3,5-6,10,19H,2,4,7-9H2,1H3,(H2,17,18,20). The average Bonchev–Trinajstić information content (AvgIpc) is 2.42. The minimum atomic E-state index is -0.326. The summed E-state index contributed by atoms with van der Waals surface area (Å²) in [4.78, 5) is 11.8. The number of halogens is 2. The Bertz CT molecular complexity index is 435. The van der Waals surface area contributed by atoms with Crippen molar-refractivity contribution in [1.29, 1.82) is 0 Å². The molecule has 0 fully saturated rings. The first-order valence-corrected chi connectivity index (χ1v) is 7.43. The summed E-state index contributed by atoms with van der Waals surface area (Å²) in [6.07, 6.45) is 2.68. The summed E-state index contributed by atoms with van der Waals surface area (Å²) in [5, 5.41) is 15.1. The summed E-state index contributed by atoms with van der Waals surface area (Å²) in [7, 11) is 0. The van der Waals surface area contributed by atoms with Gasteiger partial charge in [-0.3, -0.25) is 0 Å². The molecule has 2 amide bonds. The fourth-order valence-electron chi connectivity index (χ4n) is 1.94. The fourth-order valence-corrected chi connectivity index (χ4v) is 2.29. The lowest BCUT2D eigenvalue weighted by molar-refractivity contribution is 0.237. The molecule has 1 unspecified atom stereocenters. The van der Waals surface area contributed by atoms with Gasteiger partial charge >= 0.3 is 6.03 Å². The number of carbonyl (C=O) groups excluding carboxylic acids is 1. The Labute approximate surface area is 129 Å². The average molecular weight is 319 g/mol. The Morgan fingerprint density at radius 3 is 2.75 bits per heavy atom. The molecular formula is C14H20Cl2N2O2. The summed E-state index contributed by atoms with van der Waals surface area (Å²) in [6, 6.07) is 4.74. The van der Waals surface area contributed by atoms with Gasteiger partial charge in [0.1, 0.15) is 0 Å². The first-order chi connectivity index (χ1) is 9.58. The maximum absolute atomic E-state index is 11.8. The van der Waals surface area contributed by atoms with Gasteiger partial charge in [0.2, 0.25) is 0 Å². The molecular weight excluding hydrogens is 299 g/mol. The molecule has 4 nitrogen and oxygen atoms in total. The molecule has 112 valence electrons. The van der Waals surface area contributed by atoms with Gasteiger partial charge in [-0.2, -0.15) is 0 Å². The van der Waals surface area contributed by atoms with Gasteiger partial charge in [0.15, 0.2) is 0 Å². The van der Waals surface area contributed by atoms with Crippen LogP contribution in [0.3, 0.4) is 0 Å². The van der Waals surface area contributed by atoms with Crippen LogP contribution in [-0.2, 0) is 0 Å². The zero-order valence-corrected chi connectivity index (χ0v) is 13.0. The van der Waals surface area contributed by atoms with E-state index >= 15 is 0 Å². The molecule has 0 bridgehead atoms. The third-order valence-corrected chi connectivity index (χ3v) is 3.80. The van der Waals surface area contributed by atoms with Crippen molar-refractivity contribution in [3.8, 4) is 0 Å². The molecule has 0 aliphatic carbocycles. The van der Waals surface area contributed by atoms with Crippen molar-refractivity contribution in [2.45, 2.75) is 26.2 Å². The quantitative estimate of drug-likeness (QED) is 0.713. The molecule has 1 atom stereocenters. The van der Waals surface area contributed by atoms with Gasteiger partial charge in [-0.25, -0.2) is 4.79 Å². The number of aliphatic hydroxyl groups excluding tert-OH is 1. The van der Waals surface area contributed by atoms with E-state index in [1.165, 1.54) is 0 Å². The zero-order chi connectivity index (χ0) is 15.0. The van der Waals surface area contributed by atoms with Crippen molar-refractivity contribution in [2.24, 2.45) is 5.92 Å². The Morgan fingerprint density at radius 1 is 1.35 bits per heavy atom. The molecule has 1 aromatic carbocycles. The predicted molar refractivity (Wildman–Crippen MR) is 83.6 cm³/mol. The highest BCUT2D eigenvalue weighted by Gasteiger charge is 2.11. The van der Waals surface area contributed by atoms with Gasteiger partial charge in [-0.15, -0.1) is 0 Å². The number of anilines is 1. The molecule has 1 aromatic rings. The largest absolute Gasteiger partial charge is 0.396 e. The van der Waals surface area contributed by atoms with E-state index in [9.17, 15) is 4.79 Å². The molecule has 3 N–H and O–H groups in total. The number of benzene rings is 1. The van der Waals surface area contributed by atoms with Crippen molar-refractivity contribution >= 4 is 34.9 Å². The highest BCUT2D eigenvalue weighted by atomic mass is 35.5. The second-order valence-corrected chi connectivity index (χ2v) is 5.39. The highest BCUT2D eigenvalue weighted by molar-refractivity contribution is 6.43. The molecule has 0 aromatic heterocycles. The van der Waals surface area contributed by atoms with Crippen LogP contribution < -0.4 is 10.6 Å². The van der Waals surface area contributed by atoms with Crippen LogP contribution in [0.2, 0.25) is 10.0 Å². The number of aliphatic hydroxyl groups is 1. The lowest BCUT2D eigenvalue weighted by Gasteiger charge is -2.16. The minimum absolute atomic E-state index is 0.133. The van der Waals surface area contributed by atoms with Crippen LogP contribution in [0.5, 0.6) is 0 Å². The lowest BCUT2D eigenvalue weighted by Crippen LogP contribution is -2.33. The second-order valence-electron chi connectivity index (χ2n) is 4.60. The number of nitrogens with one attached hydrogen (secondary N) is 2. The Balaban J connectivity index is 2.48. The van der Waals surface area contributed by atoms with Gasteiger partial charge in [-0.05, 0) is 30.9 Å². The maximum atomic E-state index is 11.8. The van der Waals surface area contributed by atoms with E-state index in [0.29, 0.717) is 28.7 Å². The first kappa shape index (κ1) is 17.1. The Hall–Kier alpha value is -0.970. The van der Waals surface area contributed by atoms with E-state index in [2.05, 4.69) is 17.6 Å². The normalized spacial score (nSPS) is 12.0. The van der Waals surface area contributed by atoms with E-state index in [0.717, 1.165) is 12.8 Å². The molecule has 0 saturated heterocycles. The van der Waals surface area contributed by atoms with Crippen molar-refractivity contribution in [3.63, 3.8) is 0 Å². The zero-order valence-electron chi connectivity index (χ0n) is 11.5. The first-order valence-electron chi connectivity index (χ1n) is 6.68. The van der Waals surface area contributed by atoms with Crippen LogP contribution in [0.1, 0.15) is 26.2 Å². The summed E-state index contributed by atoms with van der Waals surface area (Å²) in [6.45, 7) is 2.74. The van der Waals surface area contributed by atoms with Crippen LogP contribution in [0, 0.1) is 5.92 Å². The summed E-state index contributed by atoms with van der Waals surface area (Å²) in [5.41, 5.74) is 0.478. The Morgan fingerprint density at radius 2 is 2.10 bits per heavy atom. The van der Waals surface area contributed by atoms with Crippen LogP contribution >= 0.6 is 23.2 Å². The fraction of sp³-hybridized carbons (Fsp3) is 0.500. The molecule has 6 heteroatoms. The smallest absolute Gasteiger partial charge is 0.319 e. The van der Waals surface area contributed by atoms with Crippen molar-refractivity contribution < 1.29 is 9.90 Å². The molecule has 0 aliphatic heterocycles. The molecule has 0 aliphatic rings. The molecule has 0 saturated carbocycles. The molecule has 0 radical (unpaired) electrons. The third kappa shape index (κ3) is 5.57. The van der Waals surface area contributed by atoms with Crippen LogP contribution in [0.4, 0.5) is 10.5 Å². The lowest BCUT2D eigenvalue weighted by atomic mass is 10.0. The predicted octanol–water partition coefficient (Wildman–Crippen LogP) is 3.91. The topological polar surface area (TPSA) is 61.4 Å².